The zero-order valence-corrected chi connectivity index (χ0v) is 9.35. The summed E-state index contributed by atoms with van der Waals surface area (Å²) in [6.45, 7) is 1.68. The van der Waals surface area contributed by atoms with E-state index < -0.39 is 18.1 Å². The number of carboxylic acids is 1. The fourth-order valence-corrected chi connectivity index (χ4v) is 1.95. The molecule has 3 unspecified atom stereocenters. The third kappa shape index (κ3) is 3.08. The van der Waals surface area contributed by atoms with Crippen molar-refractivity contribution < 1.29 is 19.8 Å². The highest BCUT2D eigenvalue weighted by molar-refractivity contribution is 5.85. The van der Waals surface area contributed by atoms with Gasteiger partial charge in [0.05, 0.1) is 6.10 Å². The lowest BCUT2D eigenvalue weighted by Gasteiger charge is -2.26. The molecule has 1 fully saturated rings. The van der Waals surface area contributed by atoms with Gasteiger partial charge in [-0.15, -0.1) is 0 Å². The average Bonchev–Trinajstić information content (AvgIpc) is 2.56. The third-order valence-electron chi connectivity index (χ3n) is 2.69. The standard InChI is InChI=1S/C9H14N4O4/c1-5(14)8(9(16)17)13-4-6(2-7(13)15)3-11-12-10/h5-6,8,14H,2-4H2,1H3,(H,16,17). The lowest BCUT2D eigenvalue weighted by Crippen LogP contribution is -2.48. The number of rotatable bonds is 5. The molecule has 0 spiro atoms. The number of hydrogen-bond acceptors (Lipinski definition) is 4. The smallest absolute Gasteiger partial charge is 0.329 e. The maximum absolute atomic E-state index is 11.6. The molecule has 8 nitrogen and oxygen atoms in total. The minimum Gasteiger partial charge on any atom is -0.480 e. The van der Waals surface area contributed by atoms with Crippen molar-refractivity contribution >= 4 is 11.9 Å². The molecule has 94 valence electrons. The number of hydrogen-bond donors (Lipinski definition) is 2. The highest BCUT2D eigenvalue weighted by atomic mass is 16.4. The van der Waals surface area contributed by atoms with Gasteiger partial charge in [-0.05, 0) is 18.4 Å². The second-order valence-electron chi connectivity index (χ2n) is 4.05. The Morgan fingerprint density at radius 3 is 2.88 bits per heavy atom. The first-order valence-electron chi connectivity index (χ1n) is 5.18. The summed E-state index contributed by atoms with van der Waals surface area (Å²) in [6, 6.07) is -1.24. The minimum absolute atomic E-state index is 0.148. The minimum atomic E-state index is -1.24. The van der Waals surface area contributed by atoms with Gasteiger partial charge in [-0.2, -0.15) is 0 Å². The number of likely N-dealkylation sites (tertiary alicyclic amines) is 1. The second-order valence-corrected chi connectivity index (χ2v) is 4.05. The Balaban J connectivity index is 2.74. The molecule has 1 amide bonds. The van der Waals surface area contributed by atoms with Crippen LogP contribution in [0.4, 0.5) is 0 Å². The van der Waals surface area contributed by atoms with Crippen molar-refractivity contribution in [2.75, 3.05) is 13.1 Å². The number of carbonyl (C=O) groups excluding carboxylic acids is 1. The zero-order chi connectivity index (χ0) is 13.0. The summed E-state index contributed by atoms with van der Waals surface area (Å²) in [5.41, 5.74) is 8.17. The van der Waals surface area contributed by atoms with E-state index in [4.69, 9.17) is 10.6 Å². The molecule has 0 aromatic rings. The fourth-order valence-electron chi connectivity index (χ4n) is 1.95. The quantitative estimate of drug-likeness (QED) is 0.399. The van der Waals surface area contributed by atoms with Crippen LogP contribution in [0.3, 0.4) is 0 Å². The van der Waals surface area contributed by atoms with Gasteiger partial charge >= 0.3 is 5.97 Å². The number of carboxylic acid groups (broad SMARTS) is 1. The van der Waals surface area contributed by atoms with Crippen molar-refractivity contribution in [1.29, 1.82) is 0 Å². The summed E-state index contributed by atoms with van der Waals surface area (Å²) in [5, 5.41) is 21.7. The van der Waals surface area contributed by atoms with Crippen LogP contribution in [-0.2, 0) is 9.59 Å². The first-order valence-corrected chi connectivity index (χ1v) is 5.18. The van der Waals surface area contributed by atoms with Gasteiger partial charge in [0.2, 0.25) is 5.91 Å². The SMILES string of the molecule is CC(O)C(C(=O)O)N1CC(CN=[N+]=[N-])CC1=O. The summed E-state index contributed by atoms with van der Waals surface area (Å²) in [6.07, 6.45) is -0.995. The molecule has 0 radical (unpaired) electrons. The monoisotopic (exact) mass is 242 g/mol. The van der Waals surface area contributed by atoms with Gasteiger partial charge in [0.25, 0.3) is 0 Å². The van der Waals surface area contributed by atoms with Crippen molar-refractivity contribution in [2.45, 2.75) is 25.5 Å². The molecule has 0 bridgehead atoms. The maximum Gasteiger partial charge on any atom is 0.329 e. The van der Waals surface area contributed by atoms with Crippen LogP contribution in [0.5, 0.6) is 0 Å². The summed E-state index contributed by atoms with van der Waals surface area (Å²) < 4.78 is 0. The Hall–Kier alpha value is -1.79. The summed E-state index contributed by atoms with van der Waals surface area (Å²) in [5.74, 6) is -1.76. The van der Waals surface area contributed by atoms with Crippen LogP contribution >= 0.6 is 0 Å². The van der Waals surface area contributed by atoms with E-state index in [-0.39, 0.29) is 31.3 Å². The van der Waals surface area contributed by atoms with Crippen LogP contribution in [0.2, 0.25) is 0 Å². The Kier molecular flexibility index (Phi) is 4.30. The van der Waals surface area contributed by atoms with Crippen molar-refractivity contribution in [3.05, 3.63) is 10.4 Å². The van der Waals surface area contributed by atoms with Gasteiger partial charge < -0.3 is 15.1 Å². The van der Waals surface area contributed by atoms with Crippen LogP contribution in [-0.4, -0.2) is 52.2 Å². The Morgan fingerprint density at radius 2 is 2.41 bits per heavy atom. The molecular weight excluding hydrogens is 228 g/mol. The molecule has 0 aromatic heterocycles. The van der Waals surface area contributed by atoms with Crippen LogP contribution < -0.4 is 0 Å². The van der Waals surface area contributed by atoms with Gasteiger partial charge in [-0.25, -0.2) is 4.79 Å². The van der Waals surface area contributed by atoms with Gasteiger partial charge in [0, 0.05) is 24.4 Å². The molecule has 1 aliphatic heterocycles. The predicted molar refractivity (Wildman–Crippen MR) is 56.9 cm³/mol. The lowest BCUT2D eigenvalue weighted by molar-refractivity contribution is -0.152. The highest BCUT2D eigenvalue weighted by Gasteiger charge is 2.39. The van der Waals surface area contributed by atoms with Crippen LogP contribution in [0.15, 0.2) is 5.11 Å². The van der Waals surface area contributed by atoms with E-state index in [1.54, 1.807) is 0 Å². The molecule has 0 saturated carbocycles. The topological polar surface area (TPSA) is 127 Å². The second kappa shape index (κ2) is 5.51. The number of aliphatic hydroxyl groups is 1. The average molecular weight is 242 g/mol. The highest BCUT2D eigenvalue weighted by Crippen LogP contribution is 2.22. The Labute approximate surface area is 97.5 Å². The Bertz CT molecular complexity index is 364. The van der Waals surface area contributed by atoms with E-state index in [1.807, 2.05) is 0 Å². The molecule has 1 saturated heterocycles. The summed E-state index contributed by atoms with van der Waals surface area (Å²) in [7, 11) is 0. The van der Waals surface area contributed by atoms with Crippen LogP contribution in [0, 0.1) is 5.92 Å². The molecule has 0 aliphatic carbocycles. The largest absolute Gasteiger partial charge is 0.480 e. The zero-order valence-electron chi connectivity index (χ0n) is 9.35. The molecule has 8 heteroatoms. The predicted octanol–water partition coefficient (Wildman–Crippen LogP) is -0.0208. The first kappa shape index (κ1) is 13.3. The molecule has 2 N–H and O–H groups in total. The van der Waals surface area contributed by atoms with E-state index >= 15 is 0 Å². The van der Waals surface area contributed by atoms with E-state index in [1.165, 1.54) is 6.92 Å². The van der Waals surface area contributed by atoms with E-state index in [0.29, 0.717) is 0 Å². The molecule has 1 heterocycles. The van der Waals surface area contributed by atoms with Crippen molar-refractivity contribution in [3.8, 4) is 0 Å². The number of carbonyl (C=O) groups is 2. The molecule has 3 atom stereocenters. The van der Waals surface area contributed by atoms with E-state index in [0.717, 1.165) is 4.90 Å². The number of amides is 1. The number of aliphatic hydroxyl groups excluding tert-OH is 1. The number of nitrogens with zero attached hydrogens (tertiary/aromatic N) is 4. The molecule has 0 aromatic carbocycles. The third-order valence-corrected chi connectivity index (χ3v) is 2.69. The normalized spacial score (nSPS) is 23.1. The number of azide groups is 1. The first-order chi connectivity index (χ1) is 7.97. The van der Waals surface area contributed by atoms with Crippen molar-refractivity contribution in [2.24, 2.45) is 11.0 Å². The van der Waals surface area contributed by atoms with Crippen molar-refractivity contribution in [3.63, 3.8) is 0 Å². The van der Waals surface area contributed by atoms with Gasteiger partial charge in [0.15, 0.2) is 6.04 Å². The fraction of sp³-hybridized carbons (Fsp3) is 0.778. The molecule has 17 heavy (non-hydrogen) atoms. The lowest BCUT2D eigenvalue weighted by atomic mass is 10.1. The summed E-state index contributed by atoms with van der Waals surface area (Å²) in [4.78, 5) is 26.3. The molecular formula is C9H14N4O4. The van der Waals surface area contributed by atoms with Gasteiger partial charge in [-0.3, -0.25) is 4.79 Å². The van der Waals surface area contributed by atoms with Crippen LogP contribution in [0.25, 0.3) is 10.4 Å². The van der Waals surface area contributed by atoms with Crippen LogP contribution in [0.1, 0.15) is 13.3 Å². The molecule has 1 rings (SSSR count). The molecule has 1 aliphatic rings. The maximum atomic E-state index is 11.6. The van der Waals surface area contributed by atoms with E-state index in [9.17, 15) is 14.7 Å². The number of aliphatic carboxylic acids is 1. The van der Waals surface area contributed by atoms with E-state index in [2.05, 4.69) is 10.0 Å². The summed E-state index contributed by atoms with van der Waals surface area (Å²) >= 11 is 0. The van der Waals surface area contributed by atoms with Gasteiger partial charge in [0.1, 0.15) is 0 Å². The van der Waals surface area contributed by atoms with Gasteiger partial charge in [-0.1, -0.05) is 5.11 Å². The Morgan fingerprint density at radius 1 is 1.76 bits per heavy atom. The van der Waals surface area contributed by atoms with Crippen molar-refractivity contribution in [1.82, 2.24) is 4.90 Å².